The van der Waals surface area contributed by atoms with Crippen LogP contribution in [0, 0.1) is 0 Å². The predicted molar refractivity (Wildman–Crippen MR) is 27.9 cm³/mol. The summed E-state index contributed by atoms with van der Waals surface area (Å²) in [7, 11) is 0. The summed E-state index contributed by atoms with van der Waals surface area (Å²) in [4.78, 5) is 0. The molecule has 6 heavy (non-hydrogen) atoms. The molecule has 1 saturated heterocycles. The molecule has 0 aromatic rings. The molecule has 1 rings (SSSR count). The molecule has 0 spiro atoms. The SMILES string of the molecule is CC1CC(Br)O1. The van der Waals surface area contributed by atoms with Crippen molar-refractivity contribution < 1.29 is 4.74 Å². The van der Waals surface area contributed by atoms with Crippen LogP contribution in [0.3, 0.4) is 0 Å². The summed E-state index contributed by atoms with van der Waals surface area (Å²) in [5, 5.41) is 0.354. The molecule has 1 nitrogen and oxygen atoms in total. The summed E-state index contributed by atoms with van der Waals surface area (Å²) in [6, 6.07) is 0. The number of hydrogen-bond donors (Lipinski definition) is 0. The summed E-state index contributed by atoms with van der Waals surface area (Å²) in [5.74, 6) is 0. The zero-order valence-electron chi connectivity index (χ0n) is 3.65. The van der Waals surface area contributed by atoms with Gasteiger partial charge in [-0.15, -0.1) is 0 Å². The van der Waals surface area contributed by atoms with E-state index in [4.69, 9.17) is 4.74 Å². The van der Waals surface area contributed by atoms with E-state index in [2.05, 4.69) is 22.9 Å². The van der Waals surface area contributed by atoms with Gasteiger partial charge in [0.15, 0.2) is 0 Å². The molecule has 0 aromatic carbocycles. The minimum Gasteiger partial charge on any atom is -0.364 e. The van der Waals surface area contributed by atoms with Crippen LogP contribution in [0.15, 0.2) is 0 Å². The van der Waals surface area contributed by atoms with E-state index >= 15 is 0 Å². The molecular formula is C4H7BrO. The van der Waals surface area contributed by atoms with Crippen molar-refractivity contribution in [2.75, 3.05) is 0 Å². The summed E-state index contributed by atoms with van der Waals surface area (Å²) in [6.07, 6.45) is 1.66. The molecule has 2 heteroatoms. The van der Waals surface area contributed by atoms with Crippen molar-refractivity contribution in [1.29, 1.82) is 0 Å². The fourth-order valence-electron chi connectivity index (χ4n) is 0.502. The summed E-state index contributed by atoms with van der Waals surface area (Å²) in [5.41, 5.74) is 0. The molecule has 1 fully saturated rings. The van der Waals surface area contributed by atoms with Gasteiger partial charge in [0.1, 0.15) is 5.01 Å². The molecular weight excluding hydrogens is 144 g/mol. The van der Waals surface area contributed by atoms with Crippen molar-refractivity contribution in [3.05, 3.63) is 0 Å². The molecule has 1 aliphatic rings. The number of alkyl halides is 1. The first-order chi connectivity index (χ1) is 2.79. The Kier molecular flexibility index (Phi) is 1.15. The minimum atomic E-state index is 0.354. The number of halogens is 1. The van der Waals surface area contributed by atoms with Crippen molar-refractivity contribution in [2.45, 2.75) is 24.5 Å². The highest BCUT2D eigenvalue weighted by Crippen LogP contribution is 2.23. The first-order valence-corrected chi connectivity index (χ1v) is 3.00. The van der Waals surface area contributed by atoms with Gasteiger partial charge in [0.25, 0.3) is 0 Å². The van der Waals surface area contributed by atoms with Crippen LogP contribution in [0.4, 0.5) is 0 Å². The van der Waals surface area contributed by atoms with Gasteiger partial charge >= 0.3 is 0 Å². The zero-order valence-corrected chi connectivity index (χ0v) is 5.23. The third-order valence-electron chi connectivity index (χ3n) is 0.897. The van der Waals surface area contributed by atoms with E-state index in [1.165, 1.54) is 6.42 Å². The van der Waals surface area contributed by atoms with Crippen LogP contribution in [-0.2, 0) is 4.74 Å². The average molecular weight is 151 g/mol. The van der Waals surface area contributed by atoms with Crippen molar-refractivity contribution in [3.63, 3.8) is 0 Å². The van der Waals surface area contributed by atoms with E-state index in [0.29, 0.717) is 11.1 Å². The second kappa shape index (κ2) is 1.51. The molecule has 0 aromatic heterocycles. The van der Waals surface area contributed by atoms with Crippen LogP contribution in [0.25, 0.3) is 0 Å². The van der Waals surface area contributed by atoms with E-state index < -0.39 is 0 Å². The first kappa shape index (κ1) is 4.60. The maximum absolute atomic E-state index is 5.06. The highest BCUT2D eigenvalue weighted by molar-refractivity contribution is 9.09. The molecule has 2 unspecified atom stereocenters. The standard InChI is InChI=1S/C4H7BrO/c1-3-2-4(5)6-3/h3-4H,2H2,1H3. The number of rotatable bonds is 0. The van der Waals surface area contributed by atoms with Crippen molar-refractivity contribution in [3.8, 4) is 0 Å². The predicted octanol–water partition coefficient (Wildman–Crippen LogP) is 1.52. The quantitative estimate of drug-likeness (QED) is 0.477. The highest BCUT2D eigenvalue weighted by atomic mass is 79.9. The lowest BCUT2D eigenvalue weighted by molar-refractivity contribution is -0.0570. The van der Waals surface area contributed by atoms with Crippen molar-refractivity contribution in [2.24, 2.45) is 0 Å². The summed E-state index contributed by atoms with van der Waals surface area (Å²) in [6.45, 7) is 2.07. The molecule has 0 amide bonds. The van der Waals surface area contributed by atoms with Crippen LogP contribution in [0.5, 0.6) is 0 Å². The Bertz CT molecular complexity index is 43.5. The van der Waals surface area contributed by atoms with Crippen LogP contribution in [0.1, 0.15) is 13.3 Å². The van der Waals surface area contributed by atoms with Crippen LogP contribution in [0.2, 0.25) is 0 Å². The second-order valence-electron chi connectivity index (χ2n) is 1.59. The van der Waals surface area contributed by atoms with Crippen LogP contribution in [-0.4, -0.2) is 11.1 Å². The average Bonchev–Trinajstić information content (AvgIpc) is 1.33. The second-order valence-corrected chi connectivity index (χ2v) is 2.61. The Morgan fingerprint density at radius 3 is 2.33 bits per heavy atom. The van der Waals surface area contributed by atoms with Gasteiger partial charge in [-0.1, -0.05) is 15.9 Å². The summed E-state index contributed by atoms with van der Waals surface area (Å²) >= 11 is 3.28. The van der Waals surface area contributed by atoms with Gasteiger partial charge in [-0.3, -0.25) is 0 Å². The van der Waals surface area contributed by atoms with Gasteiger partial charge in [0.05, 0.1) is 6.10 Å². The van der Waals surface area contributed by atoms with Gasteiger partial charge in [-0.2, -0.15) is 0 Å². The molecule has 2 atom stereocenters. The lowest BCUT2D eigenvalue weighted by Gasteiger charge is -2.28. The van der Waals surface area contributed by atoms with E-state index in [9.17, 15) is 0 Å². The molecule has 0 radical (unpaired) electrons. The maximum Gasteiger partial charge on any atom is 0.115 e. The van der Waals surface area contributed by atoms with E-state index in [1.54, 1.807) is 0 Å². The Balaban J connectivity index is 2.11. The molecule has 0 N–H and O–H groups in total. The smallest absolute Gasteiger partial charge is 0.115 e. The van der Waals surface area contributed by atoms with Gasteiger partial charge in [0.2, 0.25) is 0 Å². The van der Waals surface area contributed by atoms with Gasteiger partial charge in [-0.05, 0) is 6.92 Å². The molecule has 1 heterocycles. The largest absolute Gasteiger partial charge is 0.364 e. The van der Waals surface area contributed by atoms with E-state index in [-0.39, 0.29) is 0 Å². The topological polar surface area (TPSA) is 9.23 Å². The first-order valence-electron chi connectivity index (χ1n) is 2.08. The van der Waals surface area contributed by atoms with E-state index in [0.717, 1.165) is 0 Å². The molecule has 0 saturated carbocycles. The van der Waals surface area contributed by atoms with Crippen molar-refractivity contribution >= 4 is 15.9 Å². The lowest BCUT2D eigenvalue weighted by atomic mass is 10.2. The Labute approximate surface area is 45.8 Å². The molecule has 1 aliphatic heterocycles. The van der Waals surface area contributed by atoms with Gasteiger partial charge in [-0.25, -0.2) is 0 Å². The third kappa shape index (κ3) is 0.738. The summed E-state index contributed by atoms with van der Waals surface area (Å²) < 4.78 is 5.06. The highest BCUT2D eigenvalue weighted by Gasteiger charge is 2.22. The Morgan fingerprint density at radius 2 is 2.33 bits per heavy atom. The lowest BCUT2D eigenvalue weighted by Crippen LogP contribution is -2.29. The third-order valence-corrected chi connectivity index (χ3v) is 1.49. The number of ether oxygens (including phenoxy) is 1. The normalized spacial score (nSPS) is 45.0. The fourth-order valence-corrected chi connectivity index (χ4v) is 1.40. The van der Waals surface area contributed by atoms with Gasteiger partial charge < -0.3 is 4.74 Å². The maximum atomic E-state index is 5.06. The Morgan fingerprint density at radius 1 is 1.83 bits per heavy atom. The minimum absolute atomic E-state index is 0.354. The molecule has 0 aliphatic carbocycles. The number of hydrogen-bond acceptors (Lipinski definition) is 1. The van der Waals surface area contributed by atoms with E-state index in [1.807, 2.05) is 0 Å². The molecule has 0 bridgehead atoms. The van der Waals surface area contributed by atoms with Gasteiger partial charge in [0, 0.05) is 6.42 Å². The van der Waals surface area contributed by atoms with Crippen molar-refractivity contribution in [1.82, 2.24) is 0 Å². The van der Waals surface area contributed by atoms with Crippen LogP contribution < -0.4 is 0 Å². The fraction of sp³-hybridized carbons (Fsp3) is 1.00. The Hall–Kier alpha value is 0.440. The monoisotopic (exact) mass is 150 g/mol. The molecule has 36 valence electrons. The zero-order chi connectivity index (χ0) is 4.57. The van der Waals surface area contributed by atoms with Crippen LogP contribution >= 0.6 is 15.9 Å².